The quantitative estimate of drug-likeness (QED) is 0.817. The Morgan fingerprint density at radius 1 is 1.19 bits per heavy atom. The van der Waals surface area contributed by atoms with Gasteiger partial charge in [0.05, 0.1) is 10.0 Å². The molecule has 1 aromatic carbocycles. The lowest BCUT2D eigenvalue weighted by Crippen LogP contribution is -2.23. The van der Waals surface area contributed by atoms with Gasteiger partial charge in [-0.25, -0.2) is 4.99 Å². The lowest BCUT2D eigenvalue weighted by molar-refractivity contribution is 0.456. The number of amidine groups is 1. The van der Waals surface area contributed by atoms with Gasteiger partial charge in [0.2, 0.25) is 0 Å². The Hall–Kier alpha value is -1.23. The van der Waals surface area contributed by atoms with E-state index in [2.05, 4.69) is 20.9 Å². The van der Waals surface area contributed by atoms with Crippen LogP contribution in [0.25, 0.3) is 0 Å². The first kappa shape index (κ1) is 14.7. The zero-order chi connectivity index (χ0) is 14.7. The molecule has 21 heavy (non-hydrogen) atoms. The van der Waals surface area contributed by atoms with Crippen molar-refractivity contribution in [2.75, 3.05) is 12.3 Å². The molecule has 1 aliphatic rings. The summed E-state index contributed by atoms with van der Waals surface area (Å²) < 4.78 is 0. The molecular formula is C15H13Cl2N3S. The molecule has 0 radical (unpaired) electrons. The number of pyridine rings is 1. The van der Waals surface area contributed by atoms with Crippen LogP contribution in [0.1, 0.15) is 5.56 Å². The van der Waals surface area contributed by atoms with Gasteiger partial charge in [0.1, 0.15) is 5.69 Å². The van der Waals surface area contributed by atoms with Crippen molar-refractivity contribution in [3.8, 4) is 0 Å². The Kier molecular flexibility index (Phi) is 4.68. The number of nitrogens with zero attached hydrogens (tertiary/aromatic N) is 3. The van der Waals surface area contributed by atoms with Gasteiger partial charge in [0.25, 0.3) is 0 Å². The Morgan fingerprint density at radius 3 is 2.71 bits per heavy atom. The number of aliphatic imine (C=N–C) groups is 1. The average molecular weight is 338 g/mol. The third kappa shape index (κ3) is 3.51. The summed E-state index contributed by atoms with van der Waals surface area (Å²) in [6.45, 7) is 1.75. The van der Waals surface area contributed by atoms with E-state index in [4.69, 9.17) is 23.2 Å². The van der Waals surface area contributed by atoms with E-state index >= 15 is 0 Å². The predicted molar refractivity (Wildman–Crippen MR) is 90.7 cm³/mol. The number of thioether (sulfide) groups is 1. The lowest BCUT2D eigenvalue weighted by atomic mass is 10.3. The molecule has 3 rings (SSSR count). The molecule has 2 heterocycles. The van der Waals surface area contributed by atoms with E-state index in [9.17, 15) is 0 Å². The Bertz CT molecular complexity index is 641. The van der Waals surface area contributed by atoms with Crippen molar-refractivity contribution in [3.63, 3.8) is 0 Å². The molecule has 0 aliphatic carbocycles. The molecule has 1 fully saturated rings. The largest absolute Gasteiger partial charge is 0.346 e. The van der Waals surface area contributed by atoms with Crippen LogP contribution in [-0.4, -0.2) is 27.3 Å². The summed E-state index contributed by atoms with van der Waals surface area (Å²) in [6, 6.07) is 9.44. The van der Waals surface area contributed by atoms with Crippen molar-refractivity contribution in [1.82, 2.24) is 9.88 Å². The number of hydrogen-bond acceptors (Lipinski definition) is 3. The molecule has 3 nitrogen and oxygen atoms in total. The fraction of sp³-hybridized carbons (Fsp3) is 0.200. The summed E-state index contributed by atoms with van der Waals surface area (Å²) in [6.07, 6.45) is 3.66. The van der Waals surface area contributed by atoms with Gasteiger partial charge in [-0.2, -0.15) is 0 Å². The van der Waals surface area contributed by atoms with E-state index in [1.165, 1.54) is 0 Å². The topological polar surface area (TPSA) is 28.5 Å². The Morgan fingerprint density at radius 2 is 2.00 bits per heavy atom. The third-order valence-electron chi connectivity index (χ3n) is 3.10. The minimum atomic E-state index is 0.573. The van der Waals surface area contributed by atoms with Gasteiger partial charge < -0.3 is 4.90 Å². The zero-order valence-corrected chi connectivity index (χ0v) is 13.5. The SMILES string of the molecule is Clc1cccc(Cl)c1N=C1SCCN1Cc1cccnc1. The number of hydrogen-bond donors (Lipinski definition) is 0. The van der Waals surface area contributed by atoms with Crippen molar-refractivity contribution < 1.29 is 0 Å². The van der Waals surface area contributed by atoms with Gasteiger partial charge in [-0.3, -0.25) is 4.98 Å². The Balaban J connectivity index is 1.85. The minimum absolute atomic E-state index is 0.573. The van der Waals surface area contributed by atoms with Gasteiger partial charge in [0, 0.05) is 31.2 Å². The molecule has 0 N–H and O–H groups in total. The van der Waals surface area contributed by atoms with Crippen LogP contribution in [0.3, 0.4) is 0 Å². The second-order valence-corrected chi connectivity index (χ2v) is 6.47. The van der Waals surface area contributed by atoms with Crippen molar-refractivity contribution >= 4 is 45.8 Å². The first-order valence-electron chi connectivity index (χ1n) is 6.53. The van der Waals surface area contributed by atoms with Crippen LogP contribution in [0.4, 0.5) is 5.69 Å². The smallest absolute Gasteiger partial charge is 0.164 e. The van der Waals surface area contributed by atoms with Gasteiger partial charge >= 0.3 is 0 Å². The van der Waals surface area contributed by atoms with Crippen molar-refractivity contribution in [2.45, 2.75) is 6.54 Å². The van der Waals surface area contributed by atoms with Crippen molar-refractivity contribution in [3.05, 3.63) is 58.3 Å². The summed E-state index contributed by atoms with van der Waals surface area (Å²) in [7, 11) is 0. The number of rotatable bonds is 3. The number of aromatic nitrogens is 1. The number of para-hydroxylation sites is 1. The molecule has 0 amide bonds. The minimum Gasteiger partial charge on any atom is -0.346 e. The molecule has 6 heteroatoms. The second kappa shape index (κ2) is 6.69. The zero-order valence-electron chi connectivity index (χ0n) is 11.2. The maximum absolute atomic E-state index is 6.19. The Labute approximate surface area is 138 Å². The summed E-state index contributed by atoms with van der Waals surface area (Å²) in [5.41, 5.74) is 1.80. The van der Waals surface area contributed by atoms with E-state index < -0.39 is 0 Å². The van der Waals surface area contributed by atoms with Crippen LogP contribution in [0.15, 0.2) is 47.7 Å². The highest BCUT2D eigenvalue weighted by Crippen LogP contribution is 2.35. The van der Waals surface area contributed by atoms with Crippen molar-refractivity contribution in [2.24, 2.45) is 4.99 Å². The van der Waals surface area contributed by atoms with Gasteiger partial charge in [-0.05, 0) is 23.8 Å². The van der Waals surface area contributed by atoms with Crippen LogP contribution in [0.2, 0.25) is 10.0 Å². The summed E-state index contributed by atoms with van der Waals surface area (Å²) in [5, 5.41) is 2.10. The van der Waals surface area contributed by atoms with Crippen LogP contribution in [-0.2, 0) is 6.54 Å². The van der Waals surface area contributed by atoms with Crippen LogP contribution in [0.5, 0.6) is 0 Å². The third-order valence-corrected chi connectivity index (χ3v) is 4.71. The summed E-state index contributed by atoms with van der Waals surface area (Å²) in [5.74, 6) is 1.02. The lowest BCUT2D eigenvalue weighted by Gasteiger charge is -2.18. The number of halogens is 2. The summed E-state index contributed by atoms with van der Waals surface area (Å²) >= 11 is 14.1. The molecule has 108 valence electrons. The maximum Gasteiger partial charge on any atom is 0.164 e. The molecule has 0 atom stereocenters. The highest BCUT2D eigenvalue weighted by atomic mass is 35.5. The number of benzene rings is 1. The predicted octanol–water partition coefficient (Wildman–Crippen LogP) is 4.62. The molecule has 1 aliphatic heterocycles. The second-order valence-electron chi connectivity index (χ2n) is 4.60. The van der Waals surface area contributed by atoms with E-state index in [-0.39, 0.29) is 0 Å². The van der Waals surface area contributed by atoms with E-state index in [1.54, 1.807) is 30.1 Å². The molecule has 1 saturated heterocycles. The van der Waals surface area contributed by atoms with Crippen LogP contribution >= 0.6 is 35.0 Å². The summed E-state index contributed by atoms with van der Waals surface area (Å²) in [4.78, 5) is 11.0. The molecule has 0 spiro atoms. The molecule has 0 unspecified atom stereocenters. The molecule has 0 bridgehead atoms. The maximum atomic E-state index is 6.19. The van der Waals surface area contributed by atoms with E-state index in [1.807, 2.05) is 18.3 Å². The first-order valence-corrected chi connectivity index (χ1v) is 8.27. The molecular weight excluding hydrogens is 325 g/mol. The van der Waals surface area contributed by atoms with Gasteiger partial charge in [-0.1, -0.05) is 47.1 Å². The highest BCUT2D eigenvalue weighted by molar-refractivity contribution is 8.14. The van der Waals surface area contributed by atoms with E-state index in [0.29, 0.717) is 15.7 Å². The molecule has 0 saturated carbocycles. The van der Waals surface area contributed by atoms with E-state index in [0.717, 1.165) is 29.6 Å². The fourth-order valence-electron chi connectivity index (χ4n) is 2.09. The normalized spacial score (nSPS) is 16.7. The molecule has 2 aromatic rings. The van der Waals surface area contributed by atoms with Gasteiger partial charge in [0.15, 0.2) is 5.17 Å². The standard InChI is InChI=1S/C15H13Cl2N3S/c16-12-4-1-5-13(17)14(12)19-15-20(7-8-21-15)10-11-3-2-6-18-9-11/h1-6,9H,7-8,10H2. The fourth-order valence-corrected chi connectivity index (χ4v) is 3.56. The molecule has 1 aromatic heterocycles. The average Bonchev–Trinajstić information content (AvgIpc) is 2.91. The van der Waals surface area contributed by atoms with Crippen LogP contribution < -0.4 is 0 Å². The first-order chi connectivity index (χ1) is 10.2. The highest BCUT2D eigenvalue weighted by Gasteiger charge is 2.20. The van der Waals surface area contributed by atoms with Crippen molar-refractivity contribution in [1.29, 1.82) is 0 Å². The van der Waals surface area contributed by atoms with Gasteiger partial charge in [-0.15, -0.1) is 0 Å². The monoisotopic (exact) mass is 337 g/mol. The van der Waals surface area contributed by atoms with Crippen LogP contribution in [0, 0.1) is 0 Å².